The molecule has 0 aliphatic heterocycles. The van der Waals surface area contributed by atoms with Crippen LogP contribution < -0.4 is 11.5 Å². The molecule has 0 bridgehead atoms. The van der Waals surface area contributed by atoms with Crippen molar-refractivity contribution in [3.05, 3.63) is 35.7 Å². The van der Waals surface area contributed by atoms with E-state index in [9.17, 15) is 0 Å². The van der Waals surface area contributed by atoms with Gasteiger partial charge in [-0.25, -0.2) is 0 Å². The van der Waals surface area contributed by atoms with E-state index in [1.54, 1.807) is 11.3 Å². The lowest BCUT2D eigenvalue weighted by molar-refractivity contribution is 1.66. The zero-order valence-electron chi connectivity index (χ0n) is 7.03. The summed E-state index contributed by atoms with van der Waals surface area (Å²) < 4.78 is 0. The van der Waals surface area contributed by atoms with E-state index in [0.717, 1.165) is 21.8 Å². The van der Waals surface area contributed by atoms with Crippen LogP contribution in [0.2, 0.25) is 0 Å². The predicted octanol–water partition coefficient (Wildman–Crippen LogP) is 2.58. The first-order valence-corrected chi connectivity index (χ1v) is 4.85. The fourth-order valence-electron chi connectivity index (χ4n) is 1.29. The second-order valence-corrected chi connectivity index (χ2v) is 3.74. The number of nitrogen functional groups attached to an aromatic ring is 2. The van der Waals surface area contributed by atoms with Crippen LogP contribution in [0.5, 0.6) is 0 Å². The second kappa shape index (κ2) is 3.11. The average Bonchev–Trinajstić information content (AvgIpc) is 2.57. The first kappa shape index (κ1) is 8.13. The van der Waals surface area contributed by atoms with Crippen LogP contribution in [0.15, 0.2) is 35.7 Å². The Balaban J connectivity index is 2.64. The summed E-state index contributed by atoms with van der Waals surface area (Å²) in [5, 5.41) is 2.02. The van der Waals surface area contributed by atoms with Crippen molar-refractivity contribution in [3.8, 4) is 10.4 Å². The molecule has 2 rings (SSSR count). The minimum atomic E-state index is 0.738. The molecule has 0 amide bonds. The third-order valence-corrected chi connectivity index (χ3v) is 2.78. The molecule has 66 valence electrons. The lowest BCUT2D eigenvalue weighted by Gasteiger charge is -2.05. The lowest BCUT2D eigenvalue weighted by Crippen LogP contribution is -1.94. The molecule has 0 fully saturated rings. The van der Waals surface area contributed by atoms with Gasteiger partial charge in [-0.05, 0) is 23.6 Å². The summed E-state index contributed by atoms with van der Waals surface area (Å²) in [7, 11) is 0. The number of rotatable bonds is 1. The van der Waals surface area contributed by atoms with Gasteiger partial charge in [0.15, 0.2) is 0 Å². The average molecular weight is 190 g/mol. The Morgan fingerprint density at radius 3 is 2.15 bits per heavy atom. The first-order chi connectivity index (χ1) is 6.29. The maximum absolute atomic E-state index is 5.84. The van der Waals surface area contributed by atoms with Crippen LogP contribution in [0.4, 0.5) is 11.4 Å². The van der Waals surface area contributed by atoms with Crippen LogP contribution in [0.1, 0.15) is 0 Å². The van der Waals surface area contributed by atoms with E-state index in [2.05, 4.69) is 0 Å². The molecule has 1 heterocycles. The van der Waals surface area contributed by atoms with Crippen LogP contribution in [-0.2, 0) is 0 Å². The van der Waals surface area contributed by atoms with Crippen LogP contribution in [0, 0.1) is 0 Å². The Kier molecular flexibility index (Phi) is 1.94. The lowest BCUT2D eigenvalue weighted by atomic mass is 10.1. The van der Waals surface area contributed by atoms with Gasteiger partial charge < -0.3 is 11.5 Å². The van der Waals surface area contributed by atoms with Crippen molar-refractivity contribution in [2.75, 3.05) is 11.5 Å². The topological polar surface area (TPSA) is 52.0 Å². The third kappa shape index (κ3) is 1.38. The summed E-state index contributed by atoms with van der Waals surface area (Å²) in [4.78, 5) is 1.12. The summed E-state index contributed by atoms with van der Waals surface area (Å²) in [5.41, 5.74) is 14.1. The number of benzene rings is 1. The molecule has 2 nitrogen and oxygen atoms in total. The number of anilines is 2. The van der Waals surface area contributed by atoms with E-state index in [0.29, 0.717) is 0 Å². The van der Waals surface area contributed by atoms with Gasteiger partial charge in [0, 0.05) is 21.8 Å². The van der Waals surface area contributed by atoms with Crippen LogP contribution in [0.3, 0.4) is 0 Å². The molecule has 1 aromatic carbocycles. The number of hydrogen-bond acceptors (Lipinski definition) is 3. The molecule has 1 aromatic heterocycles. The summed E-state index contributed by atoms with van der Waals surface area (Å²) in [6.07, 6.45) is 0. The molecule has 13 heavy (non-hydrogen) atoms. The van der Waals surface area contributed by atoms with Crippen LogP contribution in [0.25, 0.3) is 10.4 Å². The molecule has 4 N–H and O–H groups in total. The third-order valence-electron chi connectivity index (χ3n) is 1.90. The van der Waals surface area contributed by atoms with Crippen molar-refractivity contribution < 1.29 is 0 Å². The van der Waals surface area contributed by atoms with Gasteiger partial charge in [-0.2, -0.15) is 0 Å². The molecule has 2 aromatic rings. The highest BCUT2D eigenvalue weighted by atomic mass is 32.1. The van der Waals surface area contributed by atoms with Crippen LogP contribution in [-0.4, -0.2) is 0 Å². The summed E-state index contributed by atoms with van der Waals surface area (Å²) in [6.45, 7) is 0. The van der Waals surface area contributed by atoms with Gasteiger partial charge in [0.1, 0.15) is 0 Å². The van der Waals surface area contributed by atoms with Crippen molar-refractivity contribution in [2.45, 2.75) is 0 Å². The van der Waals surface area contributed by atoms with Gasteiger partial charge in [0.05, 0.1) is 0 Å². The maximum Gasteiger partial charge on any atom is 0.0422 e. The highest BCUT2D eigenvalue weighted by Gasteiger charge is 2.06. The predicted molar refractivity (Wildman–Crippen MR) is 58.6 cm³/mol. The second-order valence-electron chi connectivity index (χ2n) is 2.79. The fraction of sp³-hybridized carbons (Fsp3) is 0. The highest BCUT2D eigenvalue weighted by molar-refractivity contribution is 7.13. The quantitative estimate of drug-likeness (QED) is 0.679. The minimum Gasteiger partial charge on any atom is -0.398 e. The van der Waals surface area contributed by atoms with E-state index in [1.807, 2.05) is 35.7 Å². The van der Waals surface area contributed by atoms with Crippen molar-refractivity contribution in [2.24, 2.45) is 0 Å². The summed E-state index contributed by atoms with van der Waals surface area (Å²) in [6, 6.07) is 9.61. The Hall–Kier alpha value is -1.48. The molecule has 0 saturated heterocycles. The molecular weight excluding hydrogens is 180 g/mol. The summed E-state index contributed by atoms with van der Waals surface area (Å²) in [5.74, 6) is 0. The van der Waals surface area contributed by atoms with Gasteiger partial charge in [-0.15, -0.1) is 11.3 Å². The number of thiophene rings is 1. The Labute approximate surface area is 80.8 Å². The van der Waals surface area contributed by atoms with Crippen molar-refractivity contribution >= 4 is 22.7 Å². The number of hydrogen-bond donors (Lipinski definition) is 2. The molecule has 0 aliphatic rings. The van der Waals surface area contributed by atoms with E-state index >= 15 is 0 Å². The van der Waals surface area contributed by atoms with E-state index in [4.69, 9.17) is 11.5 Å². The minimum absolute atomic E-state index is 0.738. The van der Waals surface area contributed by atoms with Gasteiger partial charge in [-0.3, -0.25) is 0 Å². The van der Waals surface area contributed by atoms with E-state index in [1.165, 1.54) is 0 Å². The zero-order valence-corrected chi connectivity index (χ0v) is 7.84. The largest absolute Gasteiger partial charge is 0.398 e. The smallest absolute Gasteiger partial charge is 0.0422 e. The van der Waals surface area contributed by atoms with Crippen molar-refractivity contribution in [3.63, 3.8) is 0 Å². The van der Waals surface area contributed by atoms with Crippen LogP contribution >= 0.6 is 11.3 Å². The molecule has 0 radical (unpaired) electrons. The van der Waals surface area contributed by atoms with Gasteiger partial charge >= 0.3 is 0 Å². The normalized spacial score (nSPS) is 10.2. The highest BCUT2D eigenvalue weighted by Crippen LogP contribution is 2.34. The molecule has 0 atom stereocenters. The van der Waals surface area contributed by atoms with Gasteiger partial charge in [-0.1, -0.05) is 12.1 Å². The molecule has 0 spiro atoms. The Morgan fingerprint density at radius 2 is 1.62 bits per heavy atom. The Morgan fingerprint density at radius 1 is 0.923 bits per heavy atom. The SMILES string of the molecule is Nc1cccc(N)c1-c1cccs1. The molecule has 3 heteroatoms. The molecular formula is C10H10N2S. The Bertz CT molecular complexity index is 387. The maximum atomic E-state index is 5.84. The number of nitrogens with two attached hydrogens (primary N) is 2. The molecule has 0 saturated carbocycles. The van der Waals surface area contributed by atoms with E-state index < -0.39 is 0 Å². The van der Waals surface area contributed by atoms with Gasteiger partial charge in [0.25, 0.3) is 0 Å². The summed E-state index contributed by atoms with van der Waals surface area (Å²) >= 11 is 1.64. The zero-order chi connectivity index (χ0) is 9.26. The van der Waals surface area contributed by atoms with Crippen molar-refractivity contribution in [1.82, 2.24) is 0 Å². The van der Waals surface area contributed by atoms with E-state index in [-0.39, 0.29) is 0 Å². The monoisotopic (exact) mass is 190 g/mol. The van der Waals surface area contributed by atoms with Gasteiger partial charge in [0.2, 0.25) is 0 Å². The standard InChI is InChI=1S/C10H10N2S/c11-7-3-1-4-8(12)10(7)9-5-2-6-13-9/h1-6H,11-12H2. The molecule has 0 unspecified atom stereocenters. The first-order valence-electron chi connectivity index (χ1n) is 3.97. The molecule has 0 aliphatic carbocycles. The van der Waals surface area contributed by atoms with Crippen molar-refractivity contribution in [1.29, 1.82) is 0 Å². The fourth-order valence-corrected chi connectivity index (χ4v) is 2.11.